The van der Waals surface area contributed by atoms with Crippen LogP contribution < -0.4 is 10.2 Å². The van der Waals surface area contributed by atoms with Gasteiger partial charge in [-0.1, -0.05) is 18.6 Å². The number of fused-ring (bicyclic) bond motifs is 2. The first kappa shape index (κ1) is 21.4. The van der Waals surface area contributed by atoms with E-state index in [0.717, 1.165) is 71.2 Å². The number of hydrogen-bond acceptors (Lipinski definition) is 4. The molecule has 1 N–H and O–H groups in total. The molecule has 1 heterocycles. The number of aryl methyl sites for hydroxylation is 1. The summed E-state index contributed by atoms with van der Waals surface area (Å²) in [7, 11) is 0. The predicted octanol–water partition coefficient (Wildman–Crippen LogP) is 3.41. The molecule has 2 saturated carbocycles. The van der Waals surface area contributed by atoms with E-state index in [1.807, 2.05) is 0 Å². The monoisotopic (exact) mass is 411 g/mol. The van der Waals surface area contributed by atoms with Crippen LogP contribution in [0.5, 0.6) is 0 Å². The summed E-state index contributed by atoms with van der Waals surface area (Å²) in [6.45, 7) is 9.55. The Hall–Kier alpha value is -1.88. The van der Waals surface area contributed by atoms with Crippen LogP contribution in [0.4, 0.5) is 5.69 Å². The lowest BCUT2D eigenvalue weighted by Crippen LogP contribution is -2.48. The van der Waals surface area contributed by atoms with Gasteiger partial charge in [0.15, 0.2) is 0 Å². The number of nitrogens with one attached hydrogen (secondary N) is 1. The molecule has 1 amide bonds. The molecule has 5 heteroatoms. The van der Waals surface area contributed by atoms with Crippen LogP contribution in [0.2, 0.25) is 0 Å². The third-order valence-corrected chi connectivity index (χ3v) is 7.42. The number of carbonyl (C=O) groups excluding carboxylic acids is 2. The fourth-order valence-corrected chi connectivity index (χ4v) is 5.56. The molecule has 1 aliphatic heterocycles. The molecular formula is C25H37N3O2. The Labute approximate surface area is 181 Å². The smallest absolute Gasteiger partial charge is 0.223 e. The molecular weight excluding hydrogens is 374 g/mol. The van der Waals surface area contributed by atoms with Crippen molar-refractivity contribution in [2.45, 2.75) is 58.4 Å². The topological polar surface area (TPSA) is 52.6 Å². The summed E-state index contributed by atoms with van der Waals surface area (Å²) in [4.78, 5) is 30.0. The van der Waals surface area contributed by atoms with E-state index in [1.165, 1.54) is 11.3 Å². The van der Waals surface area contributed by atoms with Crippen molar-refractivity contribution >= 4 is 17.4 Å². The first-order valence-corrected chi connectivity index (χ1v) is 11.9. The molecule has 4 rings (SSSR count). The summed E-state index contributed by atoms with van der Waals surface area (Å²) in [6, 6.07) is 8.93. The van der Waals surface area contributed by atoms with E-state index < -0.39 is 0 Å². The summed E-state index contributed by atoms with van der Waals surface area (Å²) in [5, 5.41) is 3.25. The molecule has 3 aliphatic rings. The Morgan fingerprint density at radius 1 is 1.13 bits per heavy atom. The molecule has 4 atom stereocenters. The average Bonchev–Trinajstić information content (AvgIpc) is 2.72. The summed E-state index contributed by atoms with van der Waals surface area (Å²) >= 11 is 0. The zero-order chi connectivity index (χ0) is 21.1. The van der Waals surface area contributed by atoms with Crippen LogP contribution in [0, 0.1) is 24.7 Å². The van der Waals surface area contributed by atoms with Crippen molar-refractivity contribution in [1.29, 1.82) is 0 Å². The van der Waals surface area contributed by atoms with E-state index in [9.17, 15) is 9.59 Å². The minimum Gasteiger partial charge on any atom is -0.369 e. The Morgan fingerprint density at radius 2 is 1.83 bits per heavy atom. The second-order valence-electron chi connectivity index (χ2n) is 9.76. The highest BCUT2D eigenvalue weighted by Crippen LogP contribution is 2.40. The molecule has 1 unspecified atom stereocenters. The van der Waals surface area contributed by atoms with Gasteiger partial charge >= 0.3 is 0 Å². The highest BCUT2D eigenvalue weighted by atomic mass is 16.2. The molecule has 0 radical (unpaired) electrons. The number of amides is 1. The molecule has 1 aromatic carbocycles. The first-order valence-electron chi connectivity index (χ1n) is 11.9. The van der Waals surface area contributed by atoms with Gasteiger partial charge in [-0.2, -0.15) is 0 Å². The fourth-order valence-electron chi connectivity index (χ4n) is 5.56. The number of piperazine rings is 1. The zero-order valence-corrected chi connectivity index (χ0v) is 18.6. The maximum Gasteiger partial charge on any atom is 0.223 e. The van der Waals surface area contributed by atoms with E-state index in [4.69, 9.17) is 0 Å². The summed E-state index contributed by atoms with van der Waals surface area (Å²) in [6.07, 6.45) is 5.66. The predicted molar refractivity (Wildman–Crippen MR) is 121 cm³/mol. The number of rotatable bonds is 6. The van der Waals surface area contributed by atoms with Crippen molar-refractivity contribution in [1.82, 2.24) is 10.2 Å². The van der Waals surface area contributed by atoms with Crippen LogP contribution in [0.15, 0.2) is 24.3 Å². The zero-order valence-electron chi connectivity index (χ0n) is 18.6. The lowest BCUT2D eigenvalue weighted by Gasteiger charge is -2.38. The van der Waals surface area contributed by atoms with E-state index in [-0.39, 0.29) is 29.7 Å². The normalized spacial score (nSPS) is 28.3. The van der Waals surface area contributed by atoms with Crippen molar-refractivity contribution in [2.75, 3.05) is 37.6 Å². The number of anilines is 1. The van der Waals surface area contributed by atoms with Crippen LogP contribution in [0.25, 0.3) is 0 Å². The van der Waals surface area contributed by atoms with Gasteiger partial charge in [-0.25, -0.2) is 0 Å². The summed E-state index contributed by atoms with van der Waals surface area (Å²) in [5.41, 5.74) is 2.64. The fraction of sp³-hybridized carbons (Fsp3) is 0.680. The van der Waals surface area contributed by atoms with Gasteiger partial charge in [-0.15, -0.1) is 0 Å². The van der Waals surface area contributed by atoms with Gasteiger partial charge in [0.2, 0.25) is 5.91 Å². The third kappa shape index (κ3) is 5.05. The van der Waals surface area contributed by atoms with Gasteiger partial charge in [0.25, 0.3) is 0 Å². The largest absolute Gasteiger partial charge is 0.369 e. The molecule has 3 fully saturated rings. The molecule has 2 bridgehead atoms. The Morgan fingerprint density at radius 3 is 2.50 bits per heavy atom. The van der Waals surface area contributed by atoms with Crippen LogP contribution in [-0.4, -0.2) is 55.4 Å². The van der Waals surface area contributed by atoms with Crippen LogP contribution in [-0.2, 0) is 9.59 Å². The SMILES string of the molecule is Cc1cccc(N2CCN(CC[C@@H](C)NC(=O)C3C[C@H]4CCC[C@@H](C3)C4=O)CC2)c1. The molecule has 0 aromatic heterocycles. The number of benzene rings is 1. The minimum absolute atomic E-state index is 0.0401. The number of ketones is 1. The molecule has 0 spiro atoms. The molecule has 1 saturated heterocycles. The van der Waals surface area contributed by atoms with E-state index in [0.29, 0.717) is 5.78 Å². The van der Waals surface area contributed by atoms with E-state index >= 15 is 0 Å². The van der Waals surface area contributed by atoms with Crippen molar-refractivity contribution in [3.05, 3.63) is 29.8 Å². The molecule has 5 nitrogen and oxygen atoms in total. The maximum atomic E-state index is 12.8. The number of nitrogens with zero attached hydrogens (tertiary/aromatic N) is 2. The molecule has 164 valence electrons. The van der Waals surface area contributed by atoms with Gasteiger partial charge in [-0.3, -0.25) is 14.5 Å². The van der Waals surface area contributed by atoms with Crippen molar-refractivity contribution in [3.8, 4) is 0 Å². The van der Waals surface area contributed by atoms with Gasteiger partial charge in [0.05, 0.1) is 0 Å². The molecule has 2 aliphatic carbocycles. The minimum atomic E-state index is 0.0401. The van der Waals surface area contributed by atoms with Gasteiger partial charge in [-0.05, 0) is 63.6 Å². The van der Waals surface area contributed by atoms with Crippen molar-refractivity contribution < 1.29 is 9.59 Å². The summed E-state index contributed by atoms with van der Waals surface area (Å²) in [5.74, 6) is 0.944. The second kappa shape index (κ2) is 9.51. The summed E-state index contributed by atoms with van der Waals surface area (Å²) < 4.78 is 0. The Kier molecular flexibility index (Phi) is 6.77. The van der Waals surface area contributed by atoms with Gasteiger partial charge < -0.3 is 10.2 Å². The number of carbonyl (C=O) groups is 2. The van der Waals surface area contributed by atoms with Crippen molar-refractivity contribution in [3.63, 3.8) is 0 Å². The molecule has 1 aromatic rings. The van der Waals surface area contributed by atoms with Crippen LogP contribution >= 0.6 is 0 Å². The maximum absolute atomic E-state index is 12.8. The standard InChI is InChI=1S/C25H37N3O2/c1-18-5-3-8-23(15-18)28-13-11-27(12-14-28)10-9-19(2)26-25(30)22-16-20-6-4-7-21(17-22)24(20)29/h3,5,8,15,19-22H,4,6-7,9-14,16-17H2,1-2H3,(H,26,30)/t19-,20-,21+,22?/m1/s1. The quantitative estimate of drug-likeness (QED) is 0.779. The van der Waals surface area contributed by atoms with Crippen molar-refractivity contribution in [2.24, 2.45) is 17.8 Å². The number of hydrogen-bond donors (Lipinski definition) is 1. The van der Waals surface area contributed by atoms with Crippen LogP contribution in [0.1, 0.15) is 51.0 Å². The number of Topliss-reactive ketones (excluding diaryl/α,β-unsaturated/α-hetero) is 1. The third-order valence-electron chi connectivity index (χ3n) is 7.42. The molecule has 30 heavy (non-hydrogen) atoms. The van der Waals surface area contributed by atoms with Gasteiger partial charge in [0, 0.05) is 62.2 Å². The van der Waals surface area contributed by atoms with E-state index in [2.05, 4.69) is 53.2 Å². The van der Waals surface area contributed by atoms with Crippen LogP contribution in [0.3, 0.4) is 0 Å². The Balaban J connectivity index is 1.18. The lowest BCUT2D eigenvalue weighted by molar-refractivity contribution is -0.137. The average molecular weight is 412 g/mol. The highest BCUT2D eigenvalue weighted by Gasteiger charge is 2.41. The van der Waals surface area contributed by atoms with Gasteiger partial charge in [0.1, 0.15) is 5.78 Å². The lowest BCUT2D eigenvalue weighted by atomic mass is 9.67. The first-order chi connectivity index (χ1) is 14.5. The second-order valence-corrected chi connectivity index (χ2v) is 9.76. The highest BCUT2D eigenvalue weighted by molar-refractivity contribution is 5.88. The Bertz CT molecular complexity index is 741. The van der Waals surface area contributed by atoms with E-state index in [1.54, 1.807) is 0 Å².